The molecular formula is C14H28N2O2. The Kier molecular flexibility index (Phi) is 5.42. The lowest BCUT2D eigenvalue weighted by molar-refractivity contribution is -0.00461. The van der Waals surface area contributed by atoms with E-state index in [1.165, 1.54) is 32.2 Å². The van der Waals surface area contributed by atoms with Crippen molar-refractivity contribution in [3.63, 3.8) is 0 Å². The van der Waals surface area contributed by atoms with Gasteiger partial charge in [-0.05, 0) is 31.2 Å². The maximum atomic E-state index is 5.91. The molecule has 1 saturated carbocycles. The van der Waals surface area contributed by atoms with Crippen molar-refractivity contribution in [3.05, 3.63) is 0 Å². The fourth-order valence-corrected chi connectivity index (χ4v) is 3.59. The molecule has 1 heterocycles. The van der Waals surface area contributed by atoms with Gasteiger partial charge in [0.25, 0.3) is 0 Å². The Labute approximate surface area is 111 Å². The van der Waals surface area contributed by atoms with Crippen molar-refractivity contribution in [2.24, 2.45) is 17.6 Å². The van der Waals surface area contributed by atoms with Gasteiger partial charge in [0.05, 0.1) is 12.2 Å². The van der Waals surface area contributed by atoms with Crippen LogP contribution in [0.15, 0.2) is 0 Å². The van der Waals surface area contributed by atoms with Crippen LogP contribution in [0.25, 0.3) is 0 Å². The van der Waals surface area contributed by atoms with Crippen LogP contribution in [-0.4, -0.2) is 57.5 Å². The molecule has 2 aliphatic rings. The van der Waals surface area contributed by atoms with Crippen LogP contribution in [0.5, 0.6) is 0 Å². The summed E-state index contributed by atoms with van der Waals surface area (Å²) in [6.45, 7) is 4.02. The van der Waals surface area contributed by atoms with Gasteiger partial charge in [0, 0.05) is 33.9 Å². The molecule has 0 aromatic heterocycles. The first-order chi connectivity index (χ1) is 8.78. The lowest BCUT2D eigenvalue weighted by atomic mass is 9.79. The zero-order valence-electron chi connectivity index (χ0n) is 11.8. The number of hydrogen-bond donors (Lipinski definition) is 1. The topological polar surface area (TPSA) is 47.7 Å². The summed E-state index contributed by atoms with van der Waals surface area (Å²) in [7, 11) is 3.56. The quantitative estimate of drug-likeness (QED) is 0.800. The maximum Gasteiger partial charge on any atom is 0.0971 e. The van der Waals surface area contributed by atoms with Crippen molar-refractivity contribution in [1.82, 2.24) is 4.90 Å². The molecule has 4 atom stereocenters. The average molecular weight is 256 g/mol. The van der Waals surface area contributed by atoms with Gasteiger partial charge in [-0.3, -0.25) is 4.90 Å². The number of nitrogens with zero attached hydrogens (tertiary/aromatic N) is 1. The summed E-state index contributed by atoms with van der Waals surface area (Å²) in [6.07, 6.45) is 5.85. The molecule has 0 aromatic carbocycles. The molecule has 1 saturated heterocycles. The summed E-state index contributed by atoms with van der Waals surface area (Å²) in [5.74, 6) is 1.50. The first-order valence-corrected chi connectivity index (χ1v) is 7.26. The van der Waals surface area contributed by atoms with Crippen LogP contribution in [0.3, 0.4) is 0 Å². The van der Waals surface area contributed by atoms with Gasteiger partial charge in [0.2, 0.25) is 0 Å². The van der Waals surface area contributed by atoms with E-state index in [1.54, 1.807) is 14.2 Å². The van der Waals surface area contributed by atoms with E-state index in [-0.39, 0.29) is 12.2 Å². The highest BCUT2D eigenvalue weighted by Gasteiger charge is 2.35. The number of rotatable bonds is 5. The number of ether oxygens (including phenoxy) is 2. The molecule has 0 bridgehead atoms. The fourth-order valence-electron chi connectivity index (χ4n) is 3.59. The fraction of sp³-hybridized carbons (Fsp3) is 1.00. The maximum absolute atomic E-state index is 5.91. The zero-order valence-corrected chi connectivity index (χ0v) is 11.8. The molecule has 4 nitrogen and oxygen atoms in total. The molecule has 0 amide bonds. The summed E-state index contributed by atoms with van der Waals surface area (Å²) >= 11 is 0. The molecule has 2 fully saturated rings. The Hall–Kier alpha value is -0.160. The van der Waals surface area contributed by atoms with Gasteiger partial charge >= 0.3 is 0 Å². The minimum Gasteiger partial charge on any atom is -0.377 e. The summed E-state index contributed by atoms with van der Waals surface area (Å²) in [6, 6.07) is 0. The molecule has 0 spiro atoms. The Morgan fingerprint density at radius 1 is 1.00 bits per heavy atom. The Bertz CT molecular complexity index is 238. The van der Waals surface area contributed by atoms with E-state index in [0.29, 0.717) is 0 Å². The van der Waals surface area contributed by atoms with E-state index in [0.717, 1.165) is 31.5 Å². The summed E-state index contributed by atoms with van der Waals surface area (Å²) in [4.78, 5) is 2.50. The summed E-state index contributed by atoms with van der Waals surface area (Å²) in [5.41, 5.74) is 5.91. The second kappa shape index (κ2) is 6.85. The lowest BCUT2D eigenvalue weighted by Gasteiger charge is -2.33. The van der Waals surface area contributed by atoms with Gasteiger partial charge in [-0.25, -0.2) is 0 Å². The number of methoxy groups -OCH3 is 2. The van der Waals surface area contributed by atoms with Crippen molar-refractivity contribution in [2.45, 2.75) is 37.9 Å². The smallest absolute Gasteiger partial charge is 0.0971 e. The highest BCUT2D eigenvalue weighted by molar-refractivity contribution is 4.88. The van der Waals surface area contributed by atoms with Gasteiger partial charge < -0.3 is 15.2 Å². The SMILES string of the molecule is COC1CN(CC2CCCCC2CN)CC1OC. The van der Waals surface area contributed by atoms with E-state index >= 15 is 0 Å². The predicted octanol–water partition coefficient (Wildman–Crippen LogP) is 1.10. The van der Waals surface area contributed by atoms with Crippen molar-refractivity contribution < 1.29 is 9.47 Å². The van der Waals surface area contributed by atoms with Crippen LogP contribution < -0.4 is 5.73 Å². The van der Waals surface area contributed by atoms with Gasteiger partial charge in [-0.1, -0.05) is 12.8 Å². The molecule has 1 aliphatic carbocycles. The molecule has 1 aliphatic heterocycles. The van der Waals surface area contributed by atoms with Gasteiger partial charge in [0.1, 0.15) is 0 Å². The monoisotopic (exact) mass is 256 g/mol. The van der Waals surface area contributed by atoms with Crippen molar-refractivity contribution in [1.29, 1.82) is 0 Å². The van der Waals surface area contributed by atoms with Crippen LogP contribution in [0.2, 0.25) is 0 Å². The Morgan fingerprint density at radius 3 is 2.06 bits per heavy atom. The van der Waals surface area contributed by atoms with Crippen molar-refractivity contribution >= 4 is 0 Å². The molecule has 18 heavy (non-hydrogen) atoms. The first-order valence-electron chi connectivity index (χ1n) is 7.26. The lowest BCUT2D eigenvalue weighted by Crippen LogP contribution is -2.36. The second-order valence-electron chi connectivity index (χ2n) is 5.81. The minimum absolute atomic E-state index is 0.231. The molecule has 2 N–H and O–H groups in total. The number of likely N-dealkylation sites (tertiary alicyclic amines) is 1. The van der Waals surface area contributed by atoms with Crippen molar-refractivity contribution in [2.75, 3.05) is 40.4 Å². The molecule has 2 rings (SSSR count). The largest absolute Gasteiger partial charge is 0.377 e. The van der Waals surface area contributed by atoms with Crippen molar-refractivity contribution in [3.8, 4) is 0 Å². The van der Waals surface area contributed by atoms with E-state index in [2.05, 4.69) is 4.90 Å². The molecule has 4 unspecified atom stereocenters. The molecule has 106 valence electrons. The predicted molar refractivity (Wildman–Crippen MR) is 72.5 cm³/mol. The Morgan fingerprint density at radius 2 is 1.56 bits per heavy atom. The third-order valence-corrected chi connectivity index (χ3v) is 4.76. The van der Waals surface area contributed by atoms with E-state index in [1.807, 2.05) is 0 Å². The zero-order chi connectivity index (χ0) is 13.0. The second-order valence-corrected chi connectivity index (χ2v) is 5.81. The van der Waals surface area contributed by atoms with Crippen LogP contribution >= 0.6 is 0 Å². The molecule has 0 aromatic rings. The first kappa shape index (κ1) is 14.3. The van der Waals surface area contributed by atoms with E-state index in [4.69, 9.17) is 15.2 Å². The third kappa shape index (κ3) is 3.23. The highest BCUT2D eigenvalue weighted by atomic mass is 16.5. The van der Waals surface area contributed by atoms with E-state index in [9.17, 15) is 0 Å². The van der Waals surface area contributed by atoms with E-state index < -0.39 is 0 Å². The van der Waals surface area contributed by atoms with Gasteiger partial charge in [0.15, 0.2) is 0 Å². The molecular weight excluding hydrogens is 228 g/mol. The number of hydrogen-bond acceptors (Lipinski definition) is 4. The summed E-state index contributed by atoms with van der Waals surface area (Å²) < 4.78 is 11.0. The number of nitrogens with two attached hydrogens (primary N) is 1. The normalized spacial score (nSPS) is 38.2. The van der Waals surface area contributed by atoms with Gasteiger partial charge in [-0.15, -0.1) is 0 Å². The molecule has 4 heteroatoms. The minimum atomic E-state index is 0.231. The molecule has 0 radical (unpaired) electrons. The summed E-state index contributed by atoms with van der Waals surface area (Å²) in [5, 5.41) is 0. The van der Waals surface area contributed by atoms with Gasteiger partial charge in [-0.2, -0.15) is 0 Å². The Balaban J connectivity index is 1.85. The van der Waals surface area contributed by atoms with Crippen LogP contribution in [0.1, 0.15) is 25.7 Å². The standard InChI is InChI=1S/C14H28N2O2/c1-17-13-9-16(10-14(13)18-2)8-12-6-4-3-5-11(12)7-15/h11-14H,3-10,15H2,1-2H3. The highest BCUT2D eigenvalue weighted by Crippen LogP contribution is 2.31. The third-order valence-electron chi connectivity index (χ3n) is 4.76. The average Bonchev–Trinajstić information content (AvgIpc) is 2.81. The van der Waals surface area contributed by atoms with Crippen LogP contribution in [-0.2, 0) is 9.47 Å². The van der Waals surface area contributed by atoms with Crippen LogP contribution in [0, 0.1) is 11.8 Å². The van der Waals surface area contributed by atoms with Crippen LogP contribution in [0.4, 0.5) is 0 Å².